The second-order valence-electron chi connectivity index (χ2n) is 12.8. The van der Waals surface area contributed by atoms with E-state index < -0.39 is 14.4 Å². The normalized spacial score (nSPS) is 11.8. The summed E-state index contributed by atoms with van der Waals surface area (Å²) >= 11 is 0. The third-order valence-corrected chi connectivity index (χ3v) is 13.0. The molecule has 0 bridgehead atoms. The fourth-order valence-corrected chi connectivity index (χ4v) is 9.98. The molecule has 0 saturated carbocycles. The van der Waals surface area contributed by atoms with Crippen molar-refractivity contribution in [3.8, 4) is 0 Å². The van der Waals surface area contributed by atoms with Crippen LogP contribution in [0.5, 0.6) is 0 Å². The molecule has 3 aromatic rings. The number of hydrogen-bond acceptors (Lipinski definition) is 10. The lowest BCUT2D eigenvalue weighted by Crippen LogP contribution is -2.66. The van der Waals surface area contributed by atoms with E-state index in [0.717, 1.165) is 5.56 Å². The molecule has 0 atom stereocenters. The molecule has 288 valence electrons. The quantitative estimate of drug-likeness (QED) is 0.0801. The van der Waals surface area contributed by atoms with Crippen molar-refractivity contribution in [2.75, 3.05) is 106 Å². The summed E-state index contributed by atoms with van der Waals surface area (Å²) in [6, 6.07) is 30.8. The summed E-state index contributed by atoms with van der Waals surface area (Å²) in [6.07, 6.45) is -0.467. The van der Waals surface area contributed by atoms with Gasteiger partial charge in [-0.2, -0.15) is 0 Å². The maximum atomic E-state index is 11.7. The van der Waals surface area contributed by atoms with Crippen molar-refractivity contribution in [3.63, 3.8) is 0 Å². The monoisotopic (exact) mass is 741 g/mol. The Labute approximate surface area is 311 Å². The van der Waals surface area contributed by atoms with Crippen LogP contribution in [0.4, 0.5) is 4.79 Å². The van der Waals surface area contributed by atoms with Gasteiger partial charge in [0.2, 0.25) is 0 Å². The fourth-order valence-electron chi connectivity index (χ4n) is 5.44. The highest BCUT2D eigenvalue weighted by Crippen LogP contribution is 2.36. The maximum absolute atomic E-state index is 11.7. The summed E-state index contributed by atoms with van der Waals surface area (Å²) in [4.78, 5) is 11.7. The van der Waals surface area contributed by atoms with Gasteiger partial charge in [0.05, 0.1) is 99.1 Å². The van der Waals surface area contributed by atoms with Crippen LogP contribution in [-0.4, -0.2) is 120 Å². The molecule has 0 fully saturated rings. The molecule has 3 aromatic carbocycles. The molecule has 0 aliphatic heterocycles. The molecule has 52 heavy (non-hydrogen) atoms. The number of carbonyl (C=O) groups is 1. The Morgan fingerprint density at radius 2 is 0.846 bits per heavy atom. The zero-order chi connectivity index (χ0) is 37.0. The first-order valence-corrected chi connectivity index (χ1v) is 20.1. The first-order chi connectivity index (χ1) is 25.4. The first kappa shape index (κ1) is 43.2. The number of nitrogens with one attached hydrogen (secondary N) is 1. The predicted molar refractivity (Wildman–Crippen MR) is 204 cm³/mol. The van der Waals surface area contributed by atoms with Gasteiger partial charge in [0.1, 0.15) is 6.61 Å². The van der Waals surface area contributed by atoms with E-state index in [0.29, 0.717) is 106 Å². The van der Waals surface area contributed by atoms with Gasteiger partial charge in [0.15, 0.2) is 0 Å². The van der Waals surface area contributed by atoms with Crippen molar-refractivity contribution >= 4 is 24.8 Å². The van der Waals surface area contributed by atoms with Crippen LogP contribution in [0.15, 0.2) is 91.0 Å². The Morgan fingerprint density at radius 3 is 1.23 bits per heavy atom. The number of ether oxygens (including phenoxy) is 8. The van der Waals surface area contributed by atoms with Gasteiger partial charge in [-0.15, -0.1) is 0 Å². The number of carbonyl (C=O) groups excluding carboxylic acids is 1. The van der Waals surface area contributed by atoms with E-state index in [4.69, 9.17) is 42.3 Å². The Kier molecular flexibility index (Phi) is 22.1. The second-order valence-corrected chi connectivity index (χ2v) is 17.1. The third-order valence-electron chi connectivity index (χ3n) is 7.92. The second kappa shape index (κ2) is 26.6. The van der Waals surface area contributed by atoms with Crippen LogP contribution in [0.2, 0.25) is 5.04 Å². The molecule has 0 radical (unpaired) electrons. The van der Waals surface area contributed by atoms with Crippen LogP contribution in [0, 0.1) is 0 Å². The highest BCUT2D eigenvalue weighted by atomic mass is 28.4. The van der Waals surface area contributed by atoms with E-state index in [1.54, 1.807) is 0 Å². The standard InChI is InChI=1S/C40H59NO10Si/c1-40(2,3)52(37-15-9-5-10-16-37,38-17-11-6-12-18-38)51-34-33-49-32-31-48-30-29-47-28-27-46-26-25-45-24-23-44-22-21-43-20-19-41-39(42)50-35-36-13-7-4-8-14-36/h4-18H,19-35H2,1-3H3,(H,41,42). The van der Waals surface area contributed by atoms with Gasteiger partial charge in [-0.05, 0) is 21.0 Å². The van der Waals surface area contributed by atoms with E-state index in [-0.39, 0.29) is 11.6 Å². The molecule has 0 unspecified atom stereocenters. The van der Waals surface area contributed by atoms with Crippen LogP contribution in [-0.2, 0) is 48.9 Å². The average Bonchev–Trinajstić information content (AvgIpc) is 3.16. The van der Waals surface area contributed by atoms with Crippen molar-refractivity contribution in [1.82, 2.24) is 5.32 Å². The molecule has 12 heteroatoms. The summed E-state index contributed by atoms with van der Waals surface area (Å²) < 4.78 is 51.0. The van der Waals surface area contributed by atoms with Crippen LogP contribution in [0.1, 0.15) is 26.3 Å². The summed E-state index contributed by atoms with van der Waals surface area (Å²) in [5, 5.41) is 5.12. The Hall–Kier alpha value is -3.17. The summed E-state index contributed by atoms with van der Waals surface area (Å²) in [7, 11) is -2.54. The van der Waals surface area contributed by atoms with E-state index in [1.165, 1.54) is 10.4 Å². The van der Waals surface area contributed by atoms with Crippen molar-refractivity contribution in [3.05, 3.63) is 96.6 Å². The SMILES string of the molecule is CC(C)(C)[Si](OCCOCCOCCOCCOCCOCCOCCOCCNC(=O)OCc1ccccc1)(c1ccccc1)c1ccccc1. The Bertz CT molecular complexity index is 1260. The number of hydrogen-bond donors (Lipinski definition) is 1. The molecule has 0 aliphatic carbocycles. The van der Waals surface area contributed by atoms with Crippen LogP contribution in [0.25, 0.3) is 0 Å². The Morgan fingerprint density at radius 1 is 0.500 bits per heavy atom. The van der Waals surface area contributed by atoms with Crippen LogP contribution < -0.4 is 15.7 Å². The molecular weight excluding hydrogens is 683 g/mol. The summed E-state index contributed by atoms with van der Waals surface area (Å²) in [6.45, 7) is 14.6. The topological polar surface area (TPSA) is 112 Å². The van der Waals surface area contributed by atoms with Crippen molar-refractivity contribution < 1.29 is 47.1 Å². The van der Waals surface area contributed by atoms with E-state index in [1.807, 2.05) is 30.3 Å². The first-order valence-electron chi connectivity index (χ1n) is 18.2. The molecule has 0 heterocycles. The lowest BCUT2D eigenvalue weighted by atomic mass is 10.2. The summed E-state index contributed by atoms with van der Waals surface area (Å²) in [5.41, 5.74) is 0.939. The van der Waals surface area contributed by atoms with E-state index in [2.05, 4.69) is 86.8 Å². The minimum absolute atomic E-state index is 0.0601. The molecule has 11 nitrogen and oxygen atoms in total. The highest BCUT2D eigenvalue weighted by molar-refractivity contribution is 6.99. The number of benzene rings is 3. The van der Waals surface area contributed by atoms with Gasteiger partial charge in [-0.1, -0.05) is 112 Å². The molecule has 0 aliphatic rings. The van der Waals surface area contributed by atoms with Gasteiger partial charge in [0, 0.05) is 6.54 Å². The molecule has 0 spiro atoms. The molecule has 1 N–H and O–H groups in total. The molecule has 0 aromatic heterocycles. The van der Waals surface area contributed by atoms with E-state index in [9.17, 15) is 4.79 Å². The van der Waals surface area contributed by atoms with E-state index >= 15 is 0 Å². The minimum atomic E-state index is -2.54. The van der Waals surface area contributed by atoms with Crippen molar-refractivity contribution in [1.29, 1.82) is 0 Å². The molecule has 3 rings (SSSR count). The zero-order valence-corrected chi connectivity index (χ0v) is 32.3. The van der Waals surface area contributed by atoms with Gasteiger partial charge >= 0.3 is 6.09 Å². The van der Waals surface area contributed by atoms with Crippen LogP contribution >= 0.6 is 0 Å². The number of alkyl carbamates (subject to hydrolysis) is 1. The molecule has 0 saturated heterocycles. The lowest BCUT2D eigenvalue weighted by molar-refractivity contribution is -0.0212. The van der Waals surface area contributed by atoms with Gasteiger partial charge < -0.3 is 47.6 Å². The smallest absolute Gasteiger partial charge is 0.407 e. The fraction of sp³-hybridized carbons (Fsp3) is 0.525. The van der Waals surface area contributed by atoms with Crippen LogP contribution in [0.3, 0.4) is 0 Å². The number of amides is 1. The lowest BCUT2D eigenvalue weighted by Gasteiger charge is -2.43. The molecule has 1 amide bonds. The predicted octanol–water partition coefficient (Wildman–Crippen LogP) is 4.61. The highest BCUT2D eigenvalue weighted by Gasteiger charge is 2.50. The third kappa shape index (κ3) is 17.1. The summed E-state index contributed by atoms with van der Waals surface area (Å²) in [5.74, 6) is 0. The van der Waals surface area contributed by atoms with Crippen molar-refractivity contribution in [2.24, 2.45) is 0 Å². The largest absolute Gasteiger partial charge is 0.445 e. The van der Waals surface area contributed by atoms with Gasteiger partial charge in [-0.25, -0.2) is 4.79 Å². The number of rotatable bonds is 29. The maximum Gasteiger partial charge on any atom is 0.407 e. The zero-order valence-electron chi connectivity index (χ0n) is 31.3. The Balaban J connectivity index is 1.06. The van der Waals surface area contributed by atoms with Gasteiger partial charge in [-0.3, -0.25) is 0 Å². The average molecular weight is 742 g/mol. The molecular formula is C40H59NO10Si. The van der Waals surface area contributed by atoms with Crippen molar-refractivity contribution in [2.45, 2.75) is 32.4 Å². The van der Waals surface area contributed by atoms with Gasteiger partial charge in [0.25, 0.3) is 8.32 Å². The minimum Gasteiger partial charge on any atom is -0.445 e.